The second kappa shape index (κ2) is 7.31. The molecule has 0 radical (unpaired) electrons. The average molecular weight is 328 g/mol. The lowest BCUT2D eigenvalue weighted by Crippen LogP contribution is -2.47. The molecule has 1 aromatic rings. The van der Waals surface area contributed by atoms with Crippen LogP contribution in [0.25, 0.3) is 0 Å². The van der Waals surface area contributed by atoms with E-state index in [9.17, 15) is 8.78 Å². The molecule has 0 atom stereocenters. The van der Waals surface area contributed by atoms with E-state index in [0.29, 0.717) is 43.6 Å². The maximum atomic E-state index is 12.4. The van der Waals surface area contributed by atoms with Crippen molar-refractivity contribution in [3.63, 3.8) is 0 Å². The van der Waals surface area contributed by atoms with E-state index in [0.717, 1.165) is 25.2 Å². The quantitative estimate of drug-likeness (QED) is 0.824. The minimum Gasteiger partial charge on any atom is -0.493 e. The standard InChI is InChI=1S/C16H22F2N2O3/c1-21-13-8-12(9-14-16(13)23-7-6-22-14)10-19-2-4-20(5-3-19)11-15(17)18/h8-9,15H,2-7,10-11H2,1H3. The number of hydrogen-bond donors (Lipinski definition) is 0. The van der Waals surface area contributed by atoms with Gasteiger partial charge in [0.1, 0.15) is 13.2 Å². The van der Waals surface area contributed by atoms with E-state index in [1.165, 1.54) is 0 Å². The Bertz CT molecular complexity index is 517. The van der Waals surface area contributed by atoms with Gasteiger partial charge in [0.2, 0.25) is 5.75 Å². The first kappa shape index (κ1) is 16.3. The van der Waals surface area contributed by atoms with Crippen molar-refractivity contribution >= 4 is 0 Å². The summed E-state index contributed by atoms with van der Waals surface area (Å²) in [4.78, 5) is 4.07. The highest BCUT2D eigenvalue weighted by molar-refractivity contribution is 5.54. The SMILES string of the molecule is COc1cc(CN2CCN(CC(F)F)CC2)cc2c1OCCO2. The van der Waals surface area contributed by atoms with Gasteiger partial charge in [0.05, 0.1) is 13.7 Å². The second-order valence-corrected chi connectivity index (χ2v) is 5.79. The molecule has 1 aromatic carbocycles. The molecule has 0 amide bonds. The van der Waals surface area contributed by atoms with Gasteiger partial charge in [0, 0.05) is 32.7 Å². The lowest BCUT2D eigenvalue weighted by molar-refractivity contribution is 0.0542. The largest absolute Gasteiger partial charge is 0.493 e. The molecule has 0 N–H and O–H groups in total. The molecule has 1 fully saturated rings. The zero-order chi connectivity index (χ0) is 16.2. The fraction of sp³-hybridized carbons (Fsp3) is 0.625. The maximum absolute atomic E-state index is 12.4. The van der Waals surface area contributed by atoms with E-state index in [1.807, 2.05) is 17.0 Å². The molecule has 0 saturated carbocycles. The van der Waals surface area contributed by atoms with Crippen molar-refractivity contribution in [1.29, 1.82) is 0 Å². The number of rotatable bonds is 5. The molecule has 0 bridgehead atoms. The van der Waals surface area contributed by atoms with E-state index in [-0.39, 0.29) is 6.54 Å². The van der Waals surface area contributed by atoms with Gasteiger partial charge in [-0.2, -0.15) is 0 Å². The Kier molecular flexibility index (Phi) is 5.17. The lowest BCUT2D eigenvalue weighted by Gasteiger charge is -2.34. The van der Waals surface area contributed by atoms with Crippen molar-refractivity contribution in [1.82, 2.24) is 9.80 Å². The van der Waals surface area contributed by atoms with Gasteiger partial charge in [0.25, 0.3) is 6.43 Å². The van der Waals surface area contributed by atoms with Gasteiger partial charge in [-0.05, 0) is 17.7 Å². The number of hydrogen-bond acceptors (Lipinski definition) is 5. The number of methoxy groups -OCH3 is 1. The normalized spacial score (nSPS) is 19.1. The second-order valence-electron chi connectivity index (χ2n) is 5.79. The van der Waals surface area contributed by atoms with E-state index in [4.69, 9.17) is 14.2 Å². The summed E-state index contributed by atoms with van der Waals surface area (Å²) < 4.78 is 41.5. The fourth-order valence-electron chi connectivity index (χ4n) is 3.00. The lowest BCUT2D eigenvalue weighted by atomic mass is 10.1. The van der Waals surface area contributed by atoms with Crippen LogP contribution >= 0.6 is 0 Å². The van der Waals surface area contributed by atoms with Crippen molar-refractivity contribution in [2.45, 2.75) is 13.0 Å². The Balaban J connectivity index is 1.62. The van der Waals surface area contributed by atoms with Crippen LogP contribution in [0, 0.1) is 0 Å². The summed E-state index contributed by atoms with van der Waals surface area (Å²) in [6, 6.07) is 3.93. The first-order valence-electron chi connectivity index (χ1n) is 7.85. The van der Waals surface area contributed by atoms with Crippen molar-refractivity contribution in [2.75, 3.05) is 53.0 Å². The third kappa shape index (κ3) is 4.03. The number of benzene rings is 1. The molecule has 1 saturated heterocycles. The predicted octanol–water partition coefficient (Wildman–Crippen LogP) is 1.85. The smallest absolute Gasteiger partial charge is 0.251 e. The highest BCUT2D eigenvalue weighted by Gasteiger charge is 2.22. The summed E-state index contributed by atoms with van der Waals surface area (Å²) in [5, 5.41) is 0. The Morgan fingerprint density at radius 1 is 1.09 bits per heavy atom. The van der Waals surface area contributed by atoms with E-state index < -0.39 is 6.43 Å². The molecule has 0 aromatic heterocycles. The van der Waals surface area contributed by atoms with Crippen LogP contribution in [-0.4, -0.2) is 69.3 Å². The fourth-order valence-corrected chi connectivity index (χ4v) is 3.00. The van der Waals surface area contributed by atoms with Crippen LogP contribution in [0.1, 0.15) is 5.56 Å². The van der Waals surface area contributed by atoms with Gasteiger partial charge in [-0.1, -0.05) is 0 Å². The van der Waals surface area contributed by atoms with Crippen molar-refractivity contribution < 1.29 is 23.0 Å². The molecular weight excluding hydrogens is 306 g/mol. The van der Waals surface area contributed by atoms with Gasteiger partial charge in [-0.25, -0.2) is 8.78 Å². The van der Waals surface area contributed by atoms with E-state index in [2.05, 4.69) is 4.90 Å². The Hall–Kier alpha value is -1.60. The predicted molar refractivity (Wildman–Crippen MR) is 81.7 cm³/mol. The van der Waals surface area contributed by atoms with E-state index in [1.54, 1.807) is 7.11 Å². The van der Waals surface area contributed by atoms with Gasteiger partial charge < -0.3 is 14.2 Å². The minimum atomic E-state index is -2.26. The molecule has 0 aliphatic carbocycles. The van der Waals surface area contributed by atoms with Crippen molar-refractivity contribution in [3.05, 3.63) is 17.7 Å². The minimum absolute atomic E-state index is 0.133. The number of halogens is 2. The molecule has 5 nitrogen and oxygen atoms in total. The highest BCUT2D eigenvalue weighted by atomic mass is 19.3. The topological polar surface area (TPSA) is 34.2 Å². The summed E-state index contributed by atoms with van der Waals surface area (Å²) >= 11 is 0. The highest BCUT2D eigenvalue weighted by Crippen LogP contribution is 2.40. The molecule has 7 heteroatoms. The third-order valence-corrected chi connectivity index (χ3v) is 4.16. The zero-order valence-electron chi connectivity index (χ0n) is 13.3. The van der Waals surface area contributed by atoms with Gasteiger partial charge in [-0.15, -0.1) is 0 Å². The molecule has 0 unspecified atom stereocenters. The average Bonchev–Trinajstić information content (AvgIpc) is 2.55. The molecule has 0 spiro atoms. The van der Waals surface area contributed by atoms with Gasteiger partial charge >= 0.3 is 0 Å². The van der Waals surface area contributed by atoms with Gasteiger partial charge in [-0.3, -0.25) is 9.80 Å². The molecule has 2 aliphatic rings. The molecule has 3 rings (SSSR count). The van der Waals surface area contributed by atoms with Crippen LogP contribution in [0.5, 0.6) is 17.2 Å². The van der Waals surface area contributed by atoms with Crippen LogP contribution in [-0.2, 0) is 6.54 Å². The number of fused-ring (bicyclic) bond motifs is 1. The first-order valence-corrected chi connectivity index (χ1v) is 7.85. The Morgan fingerprint density at radius 3 is 2.48 bits per heavy atom. The van der Waals surface area contributed by atoms with Crippen molar-refractivity contribution in [2.24, 2.45) is 0 Å². The molecule has 23 heavy (non-hydrogen) atoms. The van der Waals surface area contributed by atoms with Crippen LogP contribution in [0.3, 0.4) is 0 Å². The maximum Gasteiger partial charge on any atom is 0.251 e. The van der Waals surface area contributed by atoms with Crippen LogP contribution in [0.2, 0.25) is 0 Å². The van der Waals surface area contributed by atoms with E-state index >= 15 is 0 Å². The van der Waals surface area contributed by atoms with Crippen LogP contribution in [0.4, 0.5) is 8.78 Å². The van der Waals surface area contributed by atoms with Crippen molar-refractivity contribution in [3.8, 4) is 17.2 Å². The molecule has 128 valence electrons. The third-order valence-electron chi connectivity index (χ3n) is 4.16. The van der Waals surface area contributed by atoms with Crippen LogP contribution < -0.4 is 14.2 Å². The summed E-state index contributed by atoms with van der Waals surface area (Å²) in [6.07, 6.45) is -2.26. The molecular formula is C16H22F2N2O3. The monoisotopic (exact) mass is 328 g/mol. The number of nitrogens with zero attached hydrogens (tertiary/aromatic N) is 2. The first-order chi connectivity index (χ1) is 11.2. The number of alkyl halides is 2. The summed E-state index contributed by atoms with van der Waals surface area (Å²) in [5.41, 5.74) is 1.08. The number of piperazine rings is 1. The Labute approximate surface area is 134 Å². The molecule has 2 heterocycles. The van der Waals surface area contributed by atoms with Crippen LogP contribution in [0.15, 0.2) is 12.1 Å². The summed E-state index contributed by atoms with van der Waals surface area (Å²) in [7, 11) is 1.61. The number of ether oxygens (including phenoxy) is 3. The molecule has 2 aliphatic heterocycles. The Morgan fingerprint density at radius 2 is 1.78 bits per heavy atom. The summed E-state index contributed by atoms with van der Waals surface area (Å²) in [6.45, 7) is 4.58. The van der Waals surface area contributed by atoms with Gasteiger partial charge in [0.15, 0.2) is 11.5 Å². The zero-order valence-corrected chi connectivity index (χ0v) is 13.3. The summed E-state index contributed by atoms with van der Waals surface area (Å²) in [5.74, 6) is 2.04.